The van der Waals surface area contributed by atoms with E-state index in [0.29, 0.717) is 43.1 Å². The number of carbonyl (C=O) groups is 2. The van der Waals surface area contributed by atoms with Gasteiger partial charge in [-0.2, -0.15) is 0 Å². The van der Waals surface area contributed by atoms with E-state index >= 15 is 0 Å². The van der Waals surface area contributed by atoms with Gasteiger partial charge in [-0.05, 0) is 43.3 Å². The number of hydrogen-bond donors (Lipinski definition) is 1. The van der Waals surface area contributed by atoms with E-state index in [2.05, 4.69) is 25.9 Å². The zero-order valence-electron chi connectivity index (χ0n) is 15.9. The second-order valence-electron chi connectivity index (χ2n) is 6.99. The van der Waals surface area contributed by atoms with Crippen molar-refractivity contribution in [2.45, 2.75) is 6.92 Å². The summed E-state index contributed by atoms with van der Waals surface area (Å²) in [5.74, 6) is 0.0477. The predicted molar refractivity (Wildman–Crippen MR) is 115 cm³/mol. The van der Waals surface area contributed by atoms with Crippen molar-refractivity contribution in [2.24, 2.45) is 5.73 Å². The topological polar surface area (TPSA) is 92.4 Å². The van der Waals surface area contributed by atoms with Crippen LogP contribution in [0.1, 0.15) is 26.4 Å². The van der Waals surface area contributed by atoms with Gasteiger partial charge in [0.15, 0.2) is 0 Å². The lowest BCUT2D eigenvalue weighted by Crippen LogP contribution is -2.49. The van der Waals surface area contributed by atoms with Crippen LogP contribution >= 0.6 is 15.9 Å². The Morgan fingerprint density at radius 2 is 1.83 bits per heavy atom. The van der Waals surface area contributed by atoms with Crippen molar-refractivity contribution >= 4 is 44.5 Å². The van der Waals surface area contributed by atoms with Crippen molar-refractivity contribution in [3.63, 3.8) is 0 Å². The Bertz CT molecular complexity index is 1110. The van der Waals surface area contributed by atoms with Crippen LogP contribution in [-0.4, -0.2) is 52.9 Å². The summed E-state index contributed by atoms with van der Waals surface area (Å²) in [4.78, 5) is 37.6. The number of hydrogen-bond acceptors (Lipinski definition) is 5. The maximum absolute atomic E-state index is 13.3. The van der Waals surface area contributed by atoms with Gasteiger partial charge in [0.05, 0.1) is 16.6 Å². The molecule has 8 heteroatoms. The standard InChI is InChI=1S/C21H20BrN5O2/c1-13-11-17(16-12-14(22)4-5-18(16)25-13)21(29)27-9-7-26(8-10-27)20-15(19(23)28)3-2-6-24-20/h2-6,11-12H,7-10H2,1H3,(H2,23,28). The molecule has 29 heavy (non-hydrogen) atoms. The Morgan fingerprint density at radius 3 is 2.55 bits per heavy atom. The highest BCUT2D eigenvalue weighted by Crippen LogP contribution is 2.25. The van der Waals surface area contributed by atoms with E-state index in [4.69, 9.17) is 5.73 Å². The van der Waals surface area contributed by atoms with Crippen LogP contribution in [0.5, 0.6) is 0 Å². The average molecular weight is 454 g/mol. The summed E-state index contributed by atoms with van der Waals surface area (Å²) in [6.45, 7) is 4.11. The number of amides is 2. The molecule has 0 unspecified atom stereocenters. The summed E-state index contributed by atoms with van der Waals surface area (Å²) < 4.78 is 0.906. The fraction of sp³-hybridized carbons (Fsp3) is 0.238. The fourth-order valence-corrected chi connectivity index (χ4v) is 4.00. The Hall–Kier alpha value is -3.00. The third-order valence-corrected chi connectivity index (χ3v) is 5.54. The number of piperazine rings is 1. The maximum atomic E-state index is 13.3. The average Bonchev–Trinajstić information content (AvgIpc) is 2.73. The largest absolute Gasteiger partial charge is 0.365 e. The molecule has 2 aromatic heterocycles. The van der Waals surface area contributed by atoms with Gasteiger partial charge in [0.2, 0.25) is 0 Å². The van der Waals surface area contributed by atoms with E-state index in [0.717, 1.165) is 21.1 Å². The molecule has 3 heterocycles. The van der Waals surface area contributed by atoms with Crippen molar-refractivity contribution in [3.8, 4) is 0 Å². The van der Waals surface area contributed by atoms with E-state index in [1.165, 1.54) is 0 Å². The van der Waals surface area contributed by atoms with Crippen LogP contribution in [0.2, 0.25) is 0 Å². The Balaban J connectivity index is 1.57. The number of halogens is 1. The zero-order chi connectivity index (χ0) is 20.5. The van der Waals surface area contributed by atoms with Gasteiger partial charge in [-0.3, -0.25) is 14.6 Å². The van der Waals surface area contributed by atoms with Crippen molar-refractivity contribution in [3.05, 3.63) is 63.9 Å². The summed E-state index contributed by atoms with van der Waals surface area (Å²) in [7, 11) is 0. The highest BCUT2D eigenvalue weighted by molar-refractivity contribution is 9.10. The first-order chi connectivity index (χ1) is 13.9. The highest BCUT2D eigenvalue weighted by Gasteiger charge is 2.26. The van der Waals surface area contributed by atoms with Crippen LogP contribution in [0.4, 0.5) is 5.82 Å². The summed E-state index contributed by atoms with van der Waals surface area (Å²) in [5.41, 5.74) is 8.13. The van der Waals surface area contributed by atoms with E-state index in [1.807, 2.05) is 41.0 Å². The summed E-state index contributed by atoms with van der Waals surface area (Å²) >= 11 is 3.48. The molecular formula is C21H20BrN5O2. The molecule has 0 atom stereocenters. The third-order valence-electron chi connectivity index (χ3n) is 5.05. The summed E-state index contributed by atoms with van der Waals surface area (Å²) in [6.07, 6.45) is 1.64. The van der Waals surface area contributed by atoms with E-state index in [1.54, 1.807) is 18.3 Å². The van der Waals surface area contributed by atoms with Gasteiger partial charge in [-0.15, -0.1) is 0 Å². The van der Waals surface area contributed by atoms with Gasteiger partial charge in [0, 0.05) is 47.9 Å². The number of benzene rings is 1. The van der Waals surface area contributed by atoms with E-state index in [9.17, 15) is 9.59 Å². The molecule has 0 aliphatic carbocycles. The predicted octanol–water partition coefficient (Wildman–Crippen LogP) is 2.76. The number of fused-ring (bicyclic) bond motifs is 1. The number of carbonyl (C=O) groups excluding carboxylic acids is 2. The zero-order valence-corrected chi connectivity index (χ0v) is 17.5. The number of nitrogens with two attached hydrogens (primary N) is 1. The second-order valence-corrected chi connectivity index (χ2v) is 7.91. The first kappa shape index (κ1) is 19.3. The normalized spacial score (nSPS) is 14.3. The number of aromatic nitrogens is 2. The molecular weight excluding hydrogens is 434 g/mol. The van der Waals surface area contributed by atoms with Gasteiger partial charge in [0.1, 0.15) is 5.82 Å². The highest BCUT2D eigenvalue weighted by atomic mass is 79.9. The number of aryl methyl sites for hydroxylation is 1. The number of nitrogens with zero attached hydrogens (tertiary/aromatic N) is 4. The van der Waals surface area contributed by atoms with Crippen molar-refractivity contribution in [1.29, 1.82) is 0 Å². The number of pyridine rings is 2. The first-order valence-electron chi connectivity index (χ1n) is 9.30. The van der Waals surface area contributed by atoms with Gasteiger partial charge < -0.3 is 15.5 Å². The fourth-order valence-electron chi connectivity index (χ4n) is 3.64. The van der Waals surface area contributed by atoms with Crippen LogP contribution in [-0.2, 0) is 0 Å². The van der Waals surface area contributed by atoms with Crippen LogP contribution in [0.25, 0.3) is 10.9 Å². The molecule has 2 amide bonds. The molecule has 3 aromatic rings. The van der Waals surface area contributed by atoms with Gasteiger partial charge >= 0.3 is 0 Å². The van der Waals surface area contributed by atoms with Crippen LogP contribution in [0.15, 0.2) is 47.1 Å². The van der Waals surface area contributed by atoms with Gasteiger partial charge in [-0.1, -0.05) is 15.9 Å². The molecule has 1 aliphatic heterocycles. The van der Waals surface area contributed by atoms with Gasteiger partial charge in [0.25, 0.3) is 11.8 Å². The maximum Gasteiger partial charge on any atom is 0.254 e. The Kier molecular flexibility index (Phi) is 5.19. The van der Waals surface area contributed by atoms with Crippen LogP contribution < -0.4 is 10.6 Å². The third kappa shape index (κ3) is 3.80. The number of primary amides is 1. The minimum Gasteiger partial charge on any atom is -0.365 e. The lowest BCUT2D eigenvalue weighted by atomic mass is 10.1. The van der Waals surface area contributed by atoms with E-state index < -0.39 is 5.91 Å². The number of rotatable bonds is 3. The minimum atomic E-state index is -0.504. The van der Waals surface area contributed by atoms with Crippen molar-refractivity contribution in [1.82, 2.24) is 14.9 Å². The summed E-state index contributed by atoms with van der Waals surface area (Å²) in [5, 5.41) is 0.832. The molecule has 0 bridgehead atoms. The molecule has 0 spiro atoms. The lowest BCUT2D eigenvalue weighted by molar-refractivity contribution is 0.0747. The molecule has 4 rings (SSSR count). The molecule has 0 saturated carbocycles. The van der Waals surface area contributed by atoms with Crippen molar-refractivity contribution in [2.75, 3.05) is 31.1 Å². The molecule has 1 aromatic carbocycles. The van der Waals surface area contributed by atoms with Gasteiger partial charge in [-0.25, -0.2) is 4.98 Å². The Morgan fingerprint density at radius 1 is 1.07 bits per heavy atom. The second kappa shape index (κ2) is 7.79. The molecule has 2 N–H and O–H groups in total. The molecule has 1 saturated heterocycles. The first-order valence-corrected chi connectivity index (χ1v) is 10.1. The van der Waals surface area contributed by atoms with Crippen LogP contribution in [0, 0.1) is 6.92 Å². The summed E-state index contributed by atoms with van der Waals surface area (Å²) in [6, 6.07) is 11.0. The molecule has 1 aliphatic rings. The smallest absolute Gasteiger partial charge is 0.254 e. The van der Waals surface area contributed by atoms with E-state index in [-0.39, 0.29) is 5.91 Å². The quantitative estimate of drug-likeness (QED) is 0.657. The van der Waals surface area contributed by atoms with Crippen LogP contribution in [0.3, 0.4) is 0 Å². The monoisotopic (exact) mass is 453 g/mol. The Labute approximate surface area is 176 Å². The number of anilines is 1. The lowest BCUT2D eigenvalue weighted by Gasteiger charge is -2.36. The van der Waals surface area contributed by atoms with Crippen molar-refractivity contribution < 1.29 is 9.59 Å². The molecule has 0 radical (unpaired) electrons. The SMILES string of the molecule is Cc1cc(C(=O)N2CCN(c3ncccc3C(N)=O)CC2)c2cc(Br)ccc2n1. The minimum absolute atomic E-state index is 0.0191. The molecule has 148 valence electrons. The molecule has 1 fully saturated rings. The molecule has 7 nitrogen and oxygen atoms in total.